The van der Waals surface area contributed by atoms with Crippen LogP contribution in [0.5, 0.6) is 0 Å². The number of nitrogens with zero attached hydrogens (tertiary/aromatic N) is 2. The molecule has 0 atom stereocenters. The Bertz CT molecular complexity index is 924. The minimum absolute atomic E-state index is 0.171. The molecule has 0 radical (unpaired) electrons. The van der Waals surface area contributed by atoms with Crippen LogP contribution in [0.1, 0.15) is 44.7 Å². The first-order chi connectivity index (χ1) is 12.8. The van der Waals surface area contributed by atoms with Gasteiger partial charge in [0.05, 0.1) is 16.4 Å². The van der Waals surface area contributed by atoms with Crippen LogP contribution in [0.2, 0.25) is 5.02 Å². The Morgan fingerprint density at radius 1 is 1.22 bits per heavy atom. The van der Waals surface area contributed by atoms with Gasteiger partial charge >= 0.3 is 0 Å². The van der Waals surface area contributed by atoms with Crippen molar-refractivity contribution in [2.75, 3.05) is 17.2 Å². The summed E-state index contributed by atoms with van der Waals surface area (Å²) in [5, 5.41) is 0.358. The quantitative estimate of drug-likeness (QED) is 0.764. The SMILES string of the molecule is CCCCN1C(=O)C(C)(C)N=C(c2ccccc2F)c2cc(N)cc(Cl)c21. The monoisotopic (exact) mass is 387 g/mol. The predicted molar refractivity (Wildman–Crippen MR) is 109 cm³/mol. The molecule has 0 aliphatic carbocycles. The number of anilines is 2. The third-order valence-corrected chi connectivity index (χ3v) is 4.92. The number of carbonyl (C=O) groups excluding carboxylic acids is 1. The van der Waals surface area contributed by atoms with Gasteiger partial charge in [0.1, 0.15) is 11.4 Å². The van der Waals surface area contributed by atoms with Gasteiger partial charge in [0.15, 0.2) is 0 Å². The van der Waals surface area contributed by atoms with Crippen LogP contribution in [0, 0.1) is 5.82 Å². The molecule has 1 aliphatic rings. The van der Waals surface area contributed by atoms with Gasteiger partial charge in [0, 0.05) is 23.4 Å². The lowest BCUT2D eigenvalue weighted by molar-refractivity contribution is -0.122. The largest absolute Gasteiger partial charge is 0.399 e. The van der Waals surface area contributed by atoms with E-state index in [2.05, 4.69) is 11.9 Å². The Balaban J connectivity index is 2.34. The number of benzene rings is 2. The second-order valence-electron chi connectivity index (χ2n) is 7.21. The molecule has 2 N–H and O–H groups in total. The molecule has 0 aromatic heterocycles. The summed E-state index contributed by atoms with van der Waals surface area (Å²) in [4.78, 5) is 19.6. The van der Waals surface area contributed by atoms with E-state index in [0.717, 1.165) is 12.8 Å². The van der Waals surface area contributed by atoms with Crippen LogP contribution in [0.25, 0.3) is 0 Å². The molecule has 3 rings (SSSR count). The number of rotatable bonds is 4. The fourth-order valence-corrected chi connectivity index (χ4v) is 3.61. The number of hydrogen-bond donors (Lipinski definition) is 1. The highest BCUT2D eigenvalue weighted by atomic mass is 35.5. The summed E-state index contributed by atoms with van der Waals surface area (Å²) in [7, 11) is 0. The standard InChI is InChI=1S/C21H23ClFN3O/c1-4-5-10-26-19-15(11-13(24)12-16(19)22)18(25-21(2,3)20(26)27)14-8-6-7-9-17(14)23/h6-9,11-12H,4-5,10,24H2,1-3H3. The van der Waals surface area contributed by atoms with Crippen LogP contribution in [0.15, 0.2) is 41.4 Å². The molecule has 142 valence electrons. The van der Waals surface area contributed by atoms with E-state index in [9.17, 15) is 9.18 Å². The Morgan fingerprint density at radius 3 is 2.59 bits per heavy atom. The summed E-state index contributed by atoms with van der Waals surface area (Å²) in [5.74, 6) is -0.582. The summed E-state index contributed by atoms with van der Waals surface area (Å²) in [5.41, 5.74) is 7.20. The number of nitrogen functional groups attached to an aromatic ring is 1. The van der Waals surface area contributed by atoms with Crippen molar-refractivity contribution in [3.63, 3.8) is 0 Å². The van der Waals surface area contributed by atoms with Crippen molar-refractivity contribution in [1.29, 1.82) is 0 Å². The second kappa shape index (κ2) is 7.31. The molecule has 2 aromatic carbocycles. The Morgan fingerprint density at radius 2 is 1.93 bits per heavy atom. The zero-order valence-corrected chi connectivity index (χ0v) is 16.5. The average molecular weight is 388 g/mol. The Labute approximate surface area is 163 Å². The van der Waals surface area contributed by atoms with Gasteiger partial charge in [0.25, 0.3) is 5.91 Å². The van der Waals surface area contributed by atoms with Crippen LogP contribution in [-0.4, -0.2) is 23.7 Å². The van der Waals surface area contributed by atoms with Crippen molar-refractivity contribution in [2.45, 2.75) is 39.2 Å². The predicted octanol–water partition coefficient (Wildman–Crippen LogP) is 4.82. The lowest BCUT2D eigenvalue weighted by Gasteiger charge is -2.29. The van der Waals surface area contributed by atoms with E-state index in [1.807, 2.05) is 0 Å². The molecule has 0 fully saturated rings. The molecule has 1 aliphatic heterocycles. The highest BCUT2D eigenvalue weighted by molar-refractivity contribution is 6.36. The molecule has 1 amide bonds. The molecule has 0 saturated heterocycles. The zero-order valence-electron chi connectivity index (χ0n) is 15.7. The molecule has 0 saturated carbocycles. The average Bonchev–Trinajstić information content (AvgIpc) is 2.68. The summed E-state index contributed by atoms with van der Waals surface area (Å²) in [6.07, 6.45) is 1.74. The first-order valence-electron chi connectivity index (χ1n) is 9.02. The maximum atomic E-state index is 14.6. The molecule has 0 spiro atoms. The van der Waals surface area contributed by atoms with E-state index < -0.39 is 11.4 Å². The van der Waals surface area contributed by atoms with E-state index in [1.165, 1.54) is 6.07 Å². The summed E-state index contributed by atoms with van der Waals surface area (Å²) < 4.78 is 14.6. The highest BCUT2D eigenvalue weighted by Crippen LogP contribution is 2.39. The maximum Gasteiger partial charge on any atom is 0.254 e. The van der Waals surface area contributed by atoms with Gasteiger partial charge in [-0.3, -0.25) is 9.79 Å². The topological polar surface area (TPSA) is 58.7 Å². The number of nitrogens with two attached hydrogens (primary N) is 1. The van der Waals surface area contributed by atoms with Gasteiger partial charge in [-0.2, -0.15) is 0 Å². The highest BCUT2D eigenvalue weighted by Gasteiger charge is 2.39. The second-order valence-corrected chi connectivity index (χ2v) is 7.62. The number of unbranched alkanes of at least 4 members (excludes halogenated alkanes) is 1. The number of carbonyl (C=O) groups is 1. The third kappa shape index (κ3) is 3.56. The van der Waals surface area contributed by atoms with Crippen LogP contribution in [-0.2, 0) is 4.79 Å². The van der Waals surface area contributed by atoms with E-state index in [-0.39, 0.29) is 5.91 Å². The molecule has 1 heterocycles. The van der Waals surface area contributed by atoms with Crippen molar-refractivity contribution in [3.05, 3.63) is 58.4 Å². The molecule has 4 nitrogen and oxygen atoms in total. The summed E-state index contributed by atoms with van der Waals surface area (Å²) in [6.45, 7) is 6.03. The van der Waals surface area contributed by atoms with Gasteiger partial charge in [-0.15, -0.1) is 0 Å². The lowest BCUT2D eigenvalue weighted by atomic mass is 9.98. The van der Waals surface area contributed by atoms with Gasteiger partial charge < -0.3 is 10.6 Å². The molecule has 27 heavy (non-hydrogen) atoms. The Hall–Kier alpha value is -2.40. The third-order valence-electron chi connectivity index (χ3n) is 4.63. The van der Waals surface area contributed by atoms with Gasteiger partial charge in [0.2, 0.25) is 0 Å². The van der Waals surface area contributed by atoms with E-state index in [4.69, 9.17) is 17.3 Å². The van der Waals surface area contributed by atoms with E-state index >= 15 is 0 Å². The van der Waals surface area contributed by atoms with Crippen LogP contribution >= 0.6 is 11.6 Å². The van der Waals surface area contributed by atoms with E-state index in [0.29, 0.717) is 39.8 Å². The van der Waals surface area contributed by atoms with E-state index in [1.54, 1.807) is 49.1 Å². The van der Waals surface area contributed by atoms with Crippen LogP contribution < -0.4 is 10.6 Å². The molecule has 0 bridgehead atoms. The number of amides is 1. The first kappa shape index (κ1) is 19.4. The molecular formula is C21H23ClFN3O. The van der Waals surface area contributed by atoms with Crippen LogP contribution in [0.3, 0.4) is 0 Å². The van der Waals surface area contributed by atoms with Crippen LogP contribution in [0.4, 0.5) is 15.8 Å². The summed E-state index contributed by atoms with van der Waals surface area (Å²) in [6, 6.07) is 9.71. The maximum absolute atomic E-state index is 14.6. The van der Waals surface area contributed by atoms with Gasteiger partial charge in [-0.1, -0.05) is 37.1 Å². The molecule has 2 aromatic rings. The van der Waals surface area contributed by atoms with Crippen molar-refractivity contribution in [3.8, 4) is 0 Å². The number of aliphatic imine (C=N–C) groups is 1. The van der Waals surface area contributed by atoms with Crippen molar-refractivity contribution in [1.82, 2.24) is 0 Å². The number of halogens is 2. The minimum atomic E-state index is -1.07. The van der Waals surface area contributed by atoms with Crippen molar-refractivity contribution in [2.24, 2.45) is 4.99 Å². The number of benzodiazepines with no additional fused rings is 1. The lowest BCUT2D eigenvalue weighted by Crippen LogP contribution is -2.44. The van der Waals surface area contributed by atoms with Gasteiger partial charge in [-0.25, -0.2) is 4.39 Å². The fourth-order valence-electron chi connectivity index (χ4n) is 3.28. The normalized spacial score (nSPS) is 16.0. The smallest absolute Gasteiger partial charge is 0.254 e. The van der Waals surface area contributed by atoms with Gasteiger partial charge in [-0.05, 0) is 44.5 Å². The number of hydrogen-bond acceptors (Lipinski definition) is 3. The first-order valence-corrected chi connectivity index (χ1v) is 9.40. The van der Waals surface area contributed by atoms with Crippen molar-refractivity contribution >= 4 is 34.6 Å². The molecule has 6 heteroatoms. The number of fused-ring (bicyclic) bond motifs is 1. The van der Waals surface area contributed by atoms with Crippen molar-refractivity contribution < 1.29 is 9.18 Å². The minimum Gasteiger partial charge on any atom is -0.399 e. The fraction of sp³-hybridized carbons (Fsp3) is 0.333. The zero-order chi connectivity index (χ0) is 19.8. The Kier molecular flexibility index (Phi) is 5.24. The molecule has 0 unspecified atom stereocenters. The summed E-state index contributed by atoms with van der Waals surface area (Å²) >= 11 is 6.52. The molecular weight excluding hydrogens is 365 g/mol.